The van der Waals surface area contributed by atoms with Crippen LogP contribution >= 0.6 is 11.3 Å². The highest BCUT2D eigenvalue weighted by atomic mass is 32.1. The van der Waals surface area contributed by atoms with E-state index in [2.05, 4.69) is 30.3 Å². The Morgan fingerprint density at radius 2 is 1.81 bits per heavy atom. The molecule has 3 nitrogen and oxygen atoms in total. The first kappa shape index (κ1) is 16.5. The number of thiazole rings is 1. The predicted octanol–water partition coefficient (Wildman–Crippen LogP) is 5.47. The second-order valence-electron chi connectivity index (χ2n) is 7.17. The van der Waals surface area contributed by atoms with E-state index in [1.54, 1.807) is 11.3 Å². The average Bonchev–Trinajstić information content (AvgIpc) is 3.17. The Kier molecular flexibility index (Phi) is 4.13. The molecule has 4 heteroatoms. The molecule has 1 amide bonds. The first-order chi connectivity index (χ1) is 13.3. The third-order valence-electron chi connectivity index (χ3n) is 5.36. The molecule has 0 N–H and O–H groups in total. The van der Waals surface area contributed by atoms with E-state index >= 15 is 0 Å². The summed E-state index contributed by atoms with van der Waals surface area (Å²) >= 11 is 1.77. The minimum absolute atomic E-state index is 0.131. The lowest BCUT2D eigenvalue weighted by molar-refractivity contribution is 0.0707. The Bertz CT molecular complexity index is 1100. The van der Waals surface area contributed by atoms with Crippen LogP contribution in [0.2, 0.25) is 0 Å². The van der Waals surface area contributed by atoms with Gasteiger partial charge in [0.25, 0.3) is 5.91 Å². The summed E-state index contributed by atoms with van der Waals surface area (Å²) in [6.45, 7) is 1.58. The summed E-state index contributed by atoms with van der Waals surface area (Å²) in [6.07, 6.45) is 2.13. The average molecular weight is 372 g/mol. The smallest absolute Gasteiger partial charge is 0.253 e. The van der Waals surface area contributed by atoms with Gasteiger partial charge in [0, 0.05) is 24.6 Å². The van der Waals surface area contributed by atoms with Gasteiger partial charge < -0.3 is 4.90 Å². The van der Waals surface area contributed by atoms with Gasteiger partial charge in [0.15, 0.2) is 0 Å². The number of piperidine rings is 1. The summed E-state index contributed by atoms with van der Waals surface area (Å²) in [6, 6.07) is 22.5. The van der Waals surface area contributed by atoms with Gasteiger partial charge in [-0.15, -0.1) is 11.3 Å². The molecule has 0 bridgehead atoms. The van der Waals surface area contributed by atoms with E-state index in [4.69, 9.17) is 4.98 Å². The second kappa shape index (κ2) is 6.78. The maximum Gasteiger partial charge on any atom is 0.253 e. The van der Waals surface area contributed by atoms with Crippen molar-refractivity contribution in [3.8, 4) is 0 Å². The third kappa shape index (κ3) is 3.10. The van der Waals surface area contributed by atoms with Crippen LogP contribution in [-0.4, -0.2) is 28.9 Å². The minimum atomic E-state index is 0.131. The van der Waals surface area contributed by atoms with Crippen molar-refractivity contribution in [1.29, 1.82) is 0 Å². The van der Waals surface area contributed by atoms with E-state index in [-0.39, 0.29) is 5.91 Å². The summed E-state index contributed by atoms with van der Waals surface area (Å²) in [5.74, 6) is 0.465. The lowest BCUT2D eigenvalue weighted by atomic mass is 9.97. The van der Waals surface area contributed by atoms with Crippen molar-refractivity contribution < 1.29 is 4.79 Å². The quantitative estimate of drug-likeness (QED) is 0.467. The van der Waals surface area contributed by atoms with Crippen molar-refractivity contribution >= 4 is 38.2 Å². The van der Waals surface area contributed by atoms with Crippen molar-refractivity contribution in [2.24, 2.45) is 0 Å². The van der Waals surface area contributed by atoms with E-state index in [0.29, 0.717) is 5.92 Å². The molecule has 1 saturated heterocycles. The summed E-state index contributed by atoms with van der Waals surface area (Å²) in [5, 5.41) is 3.44. The molecule has 2 heterocycles. The number of nitrogens with zero attached hydrogens (tertiary/aromatic N) is 2. The van der Waals surface area contributed by atoms with Crippen LogP contribution in [0.1, 0.15) is 34.1 Å². The van der Waals surface area contributed by atoms with E-state index in [1.165, 1.54) is 10.1 Å². The van der Waals surface area contributed by atoms with Gasteiger partial charge in [-0.25, -0.2) is 4.98 Å². The molecule has 0 unspecified atom stereocenters. The summed E-state index contributed by atoms with van der Waals surface area (Å²) in [4.78, 5) is 19.9. The second-order valence-corrected chi connectivity index (χ2v) is 8.23. The number of amides is 1. The standard InChI is InChI=1S/C23H20N2OS/c26-23(18-12-11-16-6-1-2-7-17(16)14-18)25-13-5-8-19(15-25)22-24-20-9-3-4-10-21(20)27-22/h1-4,6-7,9-12,14,19H,5,8,13,15H2/t19-/m0/s1. The largest absolute Gasteiger partial charge is 0.338 e. The molecular weight excluding hydrogens is 352 g/mol. The number of benzene rings is 3. The van der Waals surface area contributed by atoms with Crippen molar-refractivity contribution in [2.75, 3.05) is 13.1 Å². The van der Waals surface area contributed by atoms with Gasteiger partial charge in [-0.1, -0.05) is 42.5 Å². The van der Waals surface area contributed by atoms with E-state index in [0.717, 1.165) is 47.4 Å². The minimum Gasteiger partial charge on any atom is -0.338 e. The third-order valence-corrected chi connectivity index (χ3v) is 6.56. The van der Waals surface area contributed by atoms with E-state index in [1.807, 2.05) is 41.3 Å². The van der Waals surface area contributed by atoms with Gasteiger partial charge in [-0.05, 0) is 47.9 Å². The number of carbonyl (C=O) groups excluding carboxylic acids is 1. The number of fused-ring (bicyclic) bond motifs is 2. The number of carbonyl (C=O) groups is 1. The van der Waals surface area contributed by atoms with Crippen LogP contribution in [0.4, 0.5) is 0 Å². The van der Waals surface area contributed by atoms with Crippen LogP contribution in [0.3, 0.4) is 0 Å². The zero-order valence-corrected chi connectivity index (χ0v) is 15.8. The molecule has 0 spiro atoms. The van der Waals surface area contributed by atoms with E-state index in [9.17, 15) is 4.79 Å². The number of hydrogen-bond donors (Lipinski definition) is 0. The predicted molar refractivity (Wildman–Crippen MR) is 111 cm³/mol. The lowest BCUT2D eigenvalue weighted by Gasteiger charge is -2.32. The fourth-order valence-electron chi connectivity index (χ4n) is 3.93. The molecule has 1 aliphatic heterocycles. The first-order valence-electron chi connectivity index (χ1n) is 9.41. The van der Waals surface area contributed by atoms with E-state index < -0.39 is 0 Å². The molecule has 1 aromatic heterocycles. The topological polar surface area (TPSA) is 33.2 Å². The Morgan fingerprint density at radius 1 is 1.00 bits per heavy atom. The van der Waals surface area contributed by atoms with Crippen molar-refractivity contribution in [2.45, 2.75) is 18.8 Å². The molecule has 1 fully saturated rings. The molecule has 3 aromatic carbocycles. The fourth-order valence-corrected chi connectivity index (χ4v) is 5.03. The number of para-hydroxylation sites is 1. The molecule has 134 valence electrons. The highest BCUT2D eigenvalue weighted by molar-refractivity contribution is 7.18. The normalized spacial score (nSPS) is 17.5. The molecule has 5 rings (SSSR count). The van der Waals surface area contributed by atoms with Crippen LogP contribution in [0.5, 0.6) is 0 Å². The number of likely N-dealkylation sites (tertiary alicyclic amines) is 1. The molecule has 1 atom stereocenters. The zero-order chi connectivity index (χ0) is 18.2. The molecule has 0 saturated carbocycles. The van der Waals surface area contributed by atoms with Crippen LogP contribution in [0.25, 0.3) is 21.0 Å². The number of hydrogen-bond acceptors (Lipinski definition) is 3. The van der Waals surface area contributed by atoms with Crippen LogP contribution < -0.4 is 0 Å². The van der Waals surface area contributed by atoms with Gasteiger partial charge in [0.2, 0.25) is 0 Å². The van der Waals surface area contributed by atoms with Gasteiger partial charge >= 0.3 is 0 Å². The molecule has 1 aliphatic rings. The van der Waals surface area contributed by atoms with Crippen molar-refractivity contribution in [1.82, 2.24) is 9.88 Å². The molecule has 0 radical (unpaired) electrons. The zero-order valence-electron chi connectivity index (χ0n) is 15.0. The highest BCUT2D eigenvalue weighted by Gasteiger charge is 2.27. The fraction of sp³-hybridized carbons (Fsp3) is 0.217. The Balaban J connectivity index is 1.40. The Morgan fingerprint density at radius 3 is 2.70 bits per heavy atom. The lowest BCUT2D eigenvalue weighted by Crippen LogP contribution is -2.39. The molecular formula is C23H20N2OS. The summed E-state index contributed by atoms with van der Waals surface area (Å²) in [5.41, 5.74) is 1.84. The van der Waals surface area contributed by atoms with Gasteiger partial charge in [-0.2, -0.15) is 0 Å². The van der Waals surface area contributed by atoms with Crippen LogP contribution in [0, 0.1) is 0 Å². The SMILES string of the molecule is O=C(c1ccc2ccccc2c1)N1CCC[C@H](c2nc3ccccc3s2)C1. The maximum absolute atomic E-state index is 13.1. The van der Waals surface area contributed by atoms with Crippen molar-refractivity contribution in [3.63, 3.8) is 0 Å². The van der Waals surface area contributed by atoms with Gasteiger partial charge in [0.1, 0.15) is 0 Å². The monoisotopic (exact) mass is 372 g/mol. The van der Waals surface area contributed by atoms with Gasteiger partial charge in [0.05, 0.1) is 15.2 Å². The van der Waals surface area contributed by atoms with Gasteiger partial charge in [-0.3, -0.25) is 4.79 Å². The molecule has 4 aromatic rings. The van der Waals surface area contributed by atoms with Crippen molar-refractivity contribution in [3.05, 3.63) is 77.3 Å². The number of rotatable bonds is 2. The number of aromatic nitrogens is 1. The van der Waals surface area contributed by atoms with Crippen LogP contribution in [0.15, 0.2) is 66.7 Å². The highest BCUT2D eigenvalue weighted by Crippen LogP contribution is 2.33. The molecule has 0 aliphatic carbocycles. The maximum atomic E-state index is 13.1. The summed E-state index contributed by atoms with van der Waals surface area (Å²) < 4.78 is 1.23. The Labute approximate surface area is 162 Å². The Hall–Kier alpha value is -2.72. The summed E-state index contributed by atoms with van der Waals surface area (Å²) in [7, 11) is 0. The van der Waals surface area contributed by atoms with Crippen LogP contribution in [-0.2, 0) is 0 Å². The first-order valence-corrected chi connectivity index (χ1v) is 10.2. The molecule has 27 heavy (non-hydrogen) atoms.